The Morgan fingerprint density at radius 3 is 2.63 bits per heavy atom. The van der Waals surface area contributed by atoms with Gasteiger partial charge in [-0.15, -0.1) is 0 Å². The molecule has 0 aromatic heterocycles. The van der Waals surface area contributed by atoms with Gasteiger partial charge in [0.2, 0.25) is 0 Å². The number of carbonyl (C=O) groups is 1. The van der Waals surface area contributed by atoms with E-state index in [1.165, 1.54) is 25.7 Å². The maximum Gasteiger partial charge on any atom is 0.335 e. The number of anilines is 1. The first-order chi connectivity index (χ1) is 9.06. The molecule has 2 N–H and O–H groups in total. The first kappa shape index (κ1) is 14.3. The smallest absolute Gasteiger partial charge is 0.335 e. The minimum atomic E-state index is -0.869. The third-order valence-corrected chi connectivity index (χ3v) is 5.44. The van der Waals surface area contributed by atoms with Crippen molar-refractivity contribution in [3.8, 4) is 0 Å². The highest BCUT2D eigenvalue weighted by Crippen LogP contribution is 2.40. The molecule has 0 saturated heterocycles. The highest BCUT2D eigenvalue weighted by Gasteiger charge is 2.32. The summed E-state index contributed by atoms with van der Waals surface area (Å²) in [5.41, 5.74) is 2.39. The lowest BCUT2D eigenvalue weighted by Gasteiger charge is -2.28. The highest BCUT2D eigenvalue weighted by molar-refractivity contribution is 8.00. The van der Waals surface area contributed by atoms with Gasteiger partial charge in [-0.25, -0.2) is 4.79 Å². The Hall–Kier alpha value is -1.16. The Balaban J connectivity index is 2.05. The van der Waals surface area contributed by atoms with E-state index >= 15 is 0 Å². The molecule has 1 fully saturated rings. The second-order valence-corrected chi connectivity index (χ2v) is 6.56. The number of benzene rings is 1. The molecule has 0 aliphatic heterocycles. The van der Waals surface area contributed by atoms with Crippen molar-refractivity contribution in [2.75, 3.05) is 18.1 Å². The van der Waals surface area contributed by atoms with Crippen molar-refractivity contribution in [2.45, 2.75) is 37.4 Å². The molecule has 1 aromatic rings. The van der Waals surface area contributed by atoms with Gasteiger partial charge in [0, 0.05) is 17.0 Å². The maximum absolute atomic E-state index is 10.9. The molecular formula is C15H21NO2S. The standard InChI is InChI=1S/C15H21NO2S/c1-11-9-12(14(17)18)5-6-13(11)16-10-15(19-2)7-3-4-8-15/h5-6,9,16H,3-4,7-8,10H2,1-2H3,(H,17,18). The summed E-state index contributed by atoms with van der Waals surface area (Å²) in [4.78, 5) is 10.9. The van der Waals surface area contributed by atoms with Crippen molar-refractivity contribution in [3.63, 3.8) is 0 Å². The number of carboxylic acids is 1. The third-order valence-electron chi connectivity index (χ3n) is 4.02. The first-order valence-corrected chi connectivity index (χ1v) is 7.92. The minimum absolute atomic E-state index is 0.350. The molecule has 104 valence electrons. The summed E-state index contributed by atoms with van der Waals surface area (Å²) in [5.74, 6) is -0.869. The lowest BCUT2D eigenvalue weighted by molar-refractivity contribution is 0.0697. The monoisotopic (exact) mass is 279 g/mol. The zero-order chi connectivity index (χ0) is 13.9. The van der Waals surface area contributed by atoms with Gasteiger partial charge in [-0.2, -0.15) is 11.8 Å². The van der Waals surface area contributed by atoms with Crippen LogP contribution in [-0.2, 0) is 0 Å². The van der Waals surface area contributed by atoms with Crippen LogP contribution in [0.1, 0.15) is 41.6 Å². The predicted octanol–water partition coefficient (Wildman–Crippen LogP) is 3.78. The molecule has 19 heavy (non-hydrogen) atoms. The Bertz CT molecular complexity index is 467. The van der Waals surface area contributed by atoms with Gasteiger partial charge >= 0.3 is 5.97 Å². The molecule has 0 amide bonds. The van der Waals surface area contributed by atoms with E-state index in [2.05, 4.69) is 11.6 Å². The molecule has 1 aromatic carbocycles. The second-order valence-electron chi connectivity index (χ2n) is 5.28. The quantitative estimate of drug-likeness (QED) is 0.861. The van der Waals surface area contributed by atoms with Gasteiger partial charge in [-0.1, -0.05) is 12.8 Å². The maximum atomic E-state index is 10.9. The number of hydrogen-bond acceptors (Lipinski definition) is 3. The predicted molar refractivity (Wildman–Crippen MR) is 81.3 cm³/mol. The average Bonchev–Trinajstić information content (AvgIpc) is 2.86. The second kappa shape index (κ2) is 5.87. The molecule has 2 rings (SSSR count). The van der Waals surface area contributed by atoms with Crippen LogP contribution in [0.25, 0.3) is 0 Å². The number of hydrogen-bond donors (Lipinski definition) is 2. The molecule has 3 nitrogen and oxygen atoms in total. The van der Waals surface area contributed by atoms with Crippen molar-refractivity contribution in [3.05, 3.63) is 29.3 Å². The zero-order valence-corrected chi connectivity index (χ0v) is 12.3. The van der Waals surface area contributed by atoms with Crippen molar-refractivity contribution < 1.29 is 9.90 Å². The van der Waals surface area contributed by atoms with E-state index in [0.717, 1.165) is 17.8 Å². The fraction of sp³-hybridized carbons (Fsp3) is 0.533. The summed E-state index contributed by atoms with van der Waals surface area (Å²) >= 11 is 1.96. The number of aromatic carboxylic acids is 1. The van der Waals surface area contributed by atoms with E-state index in [9.17, 15) is 4.79 Å². The van der Waals surface area contributed by atoms with Crippen molar-refractivity contribution in [2.24, 2.45) is 0 Å². The molecule has 0 bridgehead atoms. The molecule has 0 unspecified atom stereocenters. The van der Waals surface area contributed by atoms with Gasteiger partial charge < -0.3 is 10.4 Å². The van der Waals surface area contributed by atoms with Gasteiger partial charge in [0.15, 0.2) is 0 Å². The van der Waals surface area contributed by atoms with Gasteiger partial charge in [0.05, 0.1) is 5.56 Å². The van der Waals surface area contributed by atoms with Crippen LogP contribution >= 0.6 is 11.8 Å². The normalized spacial score (nSPS) is 17.4. The molecular weight excluding hydrogens is 258 g/mol. The highest BCUT2D eigenvalue weighted by atomic mass is 32.2. The third kappa shape index (κ3) is 3.24. The molecule has 1 aliphatic carbocycles. The largest absolute Gasteiger partial charge is 0.478 e. The van der Waals surface area contributed by atoms with Crippen LogP contribution in [0, 0.1) is 6.92 Å². The summed E-state index contributed by atoms with van der Waals surface area (Å²) in [6.07, 6.45) is 7.37. The lowest BCUT2D eigenvalue weighted by Crippen LogP contribution is -2.30. The van der Waals surface area contributed by atoms with Gasteiger partial charge in [0.1, 0.15) is 0 Å². The fourth-order valence-electron chi connectivity index (χ4n) is 2.72. The summed E-state index contributed by atoms with van der Waals surface area (Å²) in [6, 6.07) is 5.27. The Kier molecular flexibility index (Phi) is 4.40. The molecule has 0 heterocycles. The van der Waals surface area contributed by atoms with Crippen LogP contribution in [0.2, 0.25) is 0 Å². The Morgan fingerprint density at radius 2 is 2.11 bits per heavy atom. The van der Waals surface area contributed by atoms with Crippen LogP contribution in [0.4, 0.5) is 5.69 Å². The van der Waals surface area contributed by atoms with E-state index < -0.39 is 5.97 Å². The molecule has 0 atom stereocenters. The SMILES string of the molecule is CSC1(CNc2ccc(C(=O)O)cc2C)CCCC1. The van der Waals surface area contributed by atoms with Gasteiger partial charge in [-0.05, 0) is 49.8 Å². The number of carboxylic acid groups (broad SMARTS) is 1. The van der Waals surface area contributed by atoms with Crippen LogP contribution < -0.4 is 5.32 Å². The van der Waals surface area contributed by atoms with Crippen molar-refractivity contribution in [1.82, 2.24) is 0 Å². The van der Waals surface area contributed by atoms with Gasteiger partial charge in [-0.3, -0.25) is 0 Å². The van der Waals surface area contributed by atoms with Crippen LogP contribution in [0.5, 0.6) is 0 Å². The summed E-state index contributed by atoms with van der Waals surface area (Å²) < 4.78 is 0.359. The van der Waals surface area contributed by atoms with Crippen molar-refractivity contribution >= 4 is 23.4 Å². The van der Waals surface area contributed by atoms with Gasteiger partial charge in [0.25, 0.3) is 0 Å². The topological polar surface area (TPSA) is 49.3 Å². The average molecular weight is 279 g/mol. The summed E-state index contributed by atoms with van der Waals surface area (Å²) in [6.45, 7) is 2.91. The first-order valence-electron chi connectivity index (χ1n) is 6.69. The zero-order valence-electron chi connectivity index (χ0n) is 11.5. The molecule has 1 aliphatic rings. The van der Waals surface area contributed by atoms with E-state index in [1.807, 2.05) is 24.8 Å². The van der Waals surface area contributed by atoms with Crippen molar-refractivity contribution in [1.29, 1.82) is 0 Å². The van der Waals surface area contributed by atoms with E-state index in [0.29, 0.717) is 10.3 Å². The summed E-state index contributed by atoms with van der Waals surface area (Å²) in [7, 11) is 0. The number of nitrogens with one attached hydrogen (secondary N) is 1. The van der Waals surface area contributed by atoms with Crippen LogP contribution in [0.3, 0.4) is 0 Å². The minimum Gasteiger partial charge on any atom is -0.478 e. The van der Waals surface area contributed by atoms with Crippen LogP contribution in [0.15, 0.2) is 18.2 Å². The molecule has 4 heteroatoms. The van der Waals surface area contributed by atoms with Crippen LogP contribution in [-0.4, -0.2) is 28.6 Å². The van der Waals surface area contributed by atoms with E-state index in [4.69, 9.17) is 5.11 Å². The van der Waals surface area contributed by atoms with E-state index in [-0.39, 0.29) is 0 Å². The lowest BCUT2D eigenvalue weighted by atomic mass is 10.1. The fourth-order valence-corrected chi connectivity index (χ4v) is 3.64. The number of thioether (sulfide) groups is 1. The Morgan fingerprint density at radius 1 is 1.42 bits per heavy atom. The Labute approximate surface area is 118 Å². The molecule has 0 spiro atoms. The summed E-state index contributed by atoms with van der Waals surface area (Å²) in [5, 5.41) is 12.5. The number of rotatable bonds is 5. The molecule has 0 radical (unpaired) electrons. The van der Waals surface area contributed by atoms with E-state index in [1.54, 1.807) is 12.1 Å². The number of aryl methyl sites for hydroxylation is 1. The molecule has 1 saturated carbocycles.